The molecule has 0 aliphatic heterocycles. The summed E-state index contributed by atoms with van der Waals surface area (Å²) in [6, 6.07) is 0. The molecule has 2 rings (SSSR count). The van der Waals surface area contributed by atoms with Gasteiger partial charge in [0.05, 0.1) is 0 Å². The van der Waals surface area contributed by atoms with Crippen molar-refractivity contribution >= 4 is 5.82 Å². The van der Waals surface area contributed by atoms with Crippen LogP contribution in [0.25, 0.3) is 0 Å². The maximum Gasteiger partial charge on any atom is 0.149 e. The number of rotatable bonds is 0. The molecule has 0 aromatic carbocycles. The molecule has 0 bridgehead atoms. The molecule has 1 heterocycles. The standard InChI is InChI=1S/C8H13N3/c1-8(2)4-3-5-6(8)7(9)11-10-5/h3-4H2,1-2H3,(H3,9,10,11). The van der Waals surface area contributed by atoms with Gasteiger partial charge >= 0.3 is 0 Å². The van der Waals surface area contributed by atoms with Crippen molar-refractivity contribution in [3.63, 3.8) is 0 Å². The van der Waals surface area contributed by atoms with Crippen molar-refractivity contribution in [1.82, 2.24) is 10.2 Å². The van der Waals surface area contributed by atoms with Crippen molar-refractivity contribution in [3.05, 3.63) is 11.3 Å². The first-order valence-electron chi connectivity index (χ1n) is 3.94. The summed E-state index contributed by atoms with van der Waals surface area (Å²) in [4.78, 5) is 0. The third-order valence-electron chi connectivity index (χ3n) is 2.55. The summed E-state index contributed by atoms with van der Waals surface area (Å²) in [6.07, 6.45) is 2.27. The summed E-state index contributed by atoms with van der Waals surface area (Å²) >= 11 is 0. The third-order valence-corrected chi connectivity index (χ3v) is 2.55. The van der Waals surface area contributed by atoms with Crippen LogP contribution in [-0.2, 0) is 11.8 Å². The van der Waals surface area contributed by atoms with Gasteiger partial charge in [0.25, 0.3) is 0 Å². The number of aryl methyl sites for hydroxylation is 1. The molecular formula is C8H13N3. The normalized spacial score (nSPS) is 20.2. The number of nitrogen functional groups attached to an aromatic ring is 1. The molecule has 0 saturated heterocycles. The third kappa shape index (κ3) is 0.768. The van der Waals surface area contributed by atoms with Crippen LogP contribution in [0.4, 0.5) is 5.82 Å². The van der Waals surface area contributed by atoms with Crippen LogP contribution in [0.2, 0.25) is 0 Å². The Morgan fingerprint density at radius 2 is 2.27 bits per heavy atom. The summed E-state index contributed by atoms with van der Waals surface area (Å²) in [7, 11) is 0. The van der Waals surface area contributed by atoms with Crippen LogP contribution >= 0.6 is 0 Å². The van der Waals surface area contributed by atoms with Gasteiger partial charge in [0.2, 0.25) is 0 Å². The molecule has 1 aromatic heterocycles. The number of H-pyrrole nitrogens is 1. The van der Waals surface area contributed by atoms with E-state index in [2.05, 4.69) is 24.0 Å². The molecule has 60 valence electrons. The Labute approximate surface area is 66.0 Å². The average molecular weight is 151 g/mol. The number of nitrogens with one attached hydrogen (secondary N) is 1. The predicted octanol–water partition coefficient (Wildman–Crippen LogP) is 1.22. The van der Waals surface area contributed by atoms with Gasteiger partial charge in [-0.3, -0.25) is 5.10 Å². The number of nitrogens with two attached hydrogens (primary N) is 1. The Hall–Kier alpha value is -0.990. The lowest BCUT2D eigenvalue weighted by Crippen LogP contribution is -2.13. The van der Waals surface area contributed by atoms with Gasteiger partial charge in [-0.05, 0) is 18.3 Å². The second kappa shape index (κ2) is 1.78. The maximum atomic E-state index is 5.73. The molecule has 0 unspecified atom stereocenters. The second-order valence-corrected chi connectivity index (χ2v) is 3.85. The smallest absolute Gasteiger partial charge is 0.149 e. The van der Waals surface area contributed by atoms with Crippen molar-refractivity contribution in [2.75, 3.05) is 5.73 Å². The molecule has 0 fully saturated rings. The maximum absolute atomic E-state index is 5.73. The van der Waals surface area contributed by atoms with E-state index in [0.29, 0.717) is 5.82 Å². The van der Waals surface area contributed by atoms with Gasteiger partial charge < -0.3 is 5.73 Å². The summed E-state index contributed by atoms with van der Waals surface area (Å²) < 4.78 is 0. The van der Waals surface area contributed by atoms with E-state index in [1.165, 1.54) is 17.7 Å². The van der Waals surface area contributed by atoms with E-state index in [0.717, 1.165) is 6.42 Å². The molecule has 1 aliphatic rings. The van der Waals surface area contributed by atoms with E-state index >= 15 is 0 Å². The molecule has 1 aromatic rings. The van der Waals surface area contributed by atoms with Gasteiger partial charge in [-0.2, -0.15) is 5.10 Å². The highest BCUT2D eigenvalue weighted by Crippen LogP contribution is 2.39. The van der Waals surface area contributed by atoms with Crippen LogP contribution in [0.5, 0.6) is 0 Å². The quantitative estimate of drug-likeness (QED) is 0.585. The topological polar surface area (TPSA) is 54.7 Å². The van der Waals surface area contributed by atoms with Gasteiger partial charge in [-0.15, -0.1) is 0 Å². The highest BCUT2D eigenvalue weighted by atomic mass is 15.2. The number of aromatic nitrogens is 2. The predicted molar refractivity (Wildman–Crippen MR) is 44.3 cm³/mol. The summed E-state index contributed by atoms with van der Waals surface area (Å²) in [5.74, 6) is 0.683. The number of fused-ring (bicyclic) bond motifs is 1. The van der Waals surface area contributed by atoms with Crippen molar-refractivity contribution in [3.8, 4) is 0 Å². The second-order valence-electron chi connectivity index (χ2n) is 3.85. The first-order valence-corrected chi connectivity index (χ1v) is 3.94. The fourth-order valence-corrected chi connectivity index (χ4v) is 1.89. The Balaban J connectivity index is 2.60. The minimum absolute atomic E-state index is 0.229. The zero-order chi connectivity index (χ0) is 8.06. The number of nitrogens with zero attached hydrogens (tertiary/aromatic N) is 1. The van der Waals surface area contributed by atoms with Crippen LogP contribution in [0, 0.1) is 0 Å². The molecule has 0 amide bonds. The van der Waals surface area contributed by atoms with Crippen LogP contribution in [0.15, 0.2) is 0 Å². The number of hydrogen-bond donors (Lipinski definition) is 2. The monoisotopic (exact) mass is 151 g/mol. The van der Waals surface area contributed by atoms with Crippen molar-refractivity contribution in [2.45, 2.75) is 32.1 Å². The van der Waals surface area contributed by atoms with E-state index < -0.39 is 0 Å². The highest BCUT2D eigenvalue weighted by Gasteiger charge is 2.33. The van der Waals surface area contributed by atoms with Gasteiger partial charge in [0.1, 0.15) is 5.82 Å². The van der Waals surface area contributed by atoms with E-state index in [1.54, 1.807) is 0 Å². The molecule has 3 N–H and O–H groups in total. The van der Waals surface area contributed by atoms with Crippen molar-refractivity contribution < 1.29 is 0 Å². The SMILES string of the molecule is CC1(C)CCc2[nH]nc(N)c21. The van der Waals surface area contributed by atoms with Gasteiger partial charge in [0.15, 0.2) is 0 Å². The Morgan fingerprint density at radius 3 is 2.91 bits per heavy atom. The highest BCUT2D eigenvalue weighted by molar-refractivity contribution is 5.49. The molecule has 3 nitrogen and oxygen atoms in total. The molecule has 0 radical (unpaired) electrons. The van der Waals surface area contributed by atoms with Gasteiger partial charge in [0, 0.05) is 11.3 Å². The molecule has 3 heteroatoms. The van der Waals surface area contributed by atoms with Crippen molar-refractivity contribution in [1.29, 1.82) is 0 Å². The van der Waals surface area contributed by atoms with Crippen LogP contribution in [0.3, 0.4) is 0 Å². The fraction of sp³-hybridized carbons (Fsp3) is 0.625. The summed E-state index contributed by atoms with van der Waals surface area (Å²) in [5.41, 5.74) is 8.42. The average Bonchev–Trinajstić information content (AvgIpc) is 2.38. The van der Waals surface area contributed by atoms with E-state index in [-0.39, 0.29) is 5.41 Å². The van der Waals surface area contributed by atoms with Crippen molar-refractivity contribution in [2.24, 2.45) is 0 Å². The molecule has 1 aliphatic carbocycles. The van der Waals surface area contributed by atoms with Gasteiger partial charge in [-0.25, -0.2) is 0 Å². The number of hydrogen-bond acceptors (Lipinski definition) is 2. The molecule has 0 spiro atoms. The Morgan fingerprint density at radius 1 is 1.55 bits per heavy atom. The molecule has 0 atom stereocenters. The number of aromatic amines is 1. The minimum Gasteiger partial charge on any atom is -0.382 e. The van der Waals surface area contributed by atoms with Gasteiger partial charge in [-0.1, -0.05) is 13.8 Å². The molecule has 11 heavy (non-hydrogen) atoms. The van der Waals surface area contributed by atoms with E-state index in [1.807, 2.05) is 0 Å². The molecular weight excluding hydrogens is 138 g/mol. The zero-order valence-corrected chi connectivity index (χ0v) is 6.94. The summed E-state index contributed by atoms with van der Waals surface area (Å²) in [6.45, 7) is 4.43. The fourth-order valence-electron chi connectivity index (χ4n) is 1.89. The van der Waals surface area contributed by atoms with Crippen LogP contribution in [-0.4, -0.2) is 10.2 Å². The lowest BCUT2D eigenvalue weighted by molar-refractivity contribution is 0.521. The largest absolute Gasteiger partial charge is 0.382 e. The van der Waals surface area contributed by atoms with E-state index in [9.17, 15) is 0 Å². The van der Waals surface area contributed by atoms with E-state index in [4.69, 9.17) is 5.73 Å². The first kappa shape index (κ1) is 6.70. The zero-order valence-electron chi connectivity index (χ0n) is 6.94. The Kier molecular flexibility index (Phi) is 1.09. The Bertz CT molecular complexity index is 286. The summed E-state index contributed by atoms with van der Waals surface area (Å²) in [5, 5.41) is 6.95. The lowest BCUT2D eigenvalue weighted by Gasteiger charge is -2.16. The number of anilines is 1. The molecule has 0 saturated carbocycles. The van der Waals surface area contributed by atoms with Crippen LogP contribution < -0.4 is 5.73 Å². The minimum atomic E-state index is 0.229. The lowest BCUT2D eigenvalue weighted by atomic mass is 9.88. The van der Waals surface area contributed by atoms with Crippen LogP contribution in [0.1, 0.15) is 31.5 Å². The first-order chi connectivity index (χ1) is 5.11.